The minimum atomic E-state index is -0.815. The lowest BCUT2D eigenvalue weighted by Crippen LogP contribution is -2.39. The number of hydrogen-bond acceptors (Lipinski definition) is 7. The largest absolute Gasteiger partial charge is 0.343 e. The van der Waals surface area contributed by atoms with Crippen LogP contribution in [-0.4, -0.2) is 39.2 Å². The predicted molar refractivity (Wildman–Crippen MR) is 186 cm³/mol. The van der Waals surface area contributed by atoms with Crippen LogP contribution < -0.4 is 22.0 Å². The van der Waals surface area contributed by atoms with Crippen LogP contribution in [0.4, 0.5) is 19.3 Å². The van der Waals surface area contributed by atoms with Gasteiger partial charge in [-0.25, -0.2) is 33.4 Å². The van der Waals surface area contributed by atoms with E-state index in [4.69, 9.17) is 0 Å². The second-order valence-electron chi connectivity index (χ2n) is 11.3. The Morgan fingerprint density at radius 2 is 1.63 bits per heavy atom. The van der Waals surface area contributed by atoms with Gasteiger partial charge in [0.25, 0.3) is 5.56 Å². The first-order valence-electron chi connectivity index (χ1n) is 15.3. The Balaban J connectivity index is 1.60. The number of carbonyl (C=O) groups is 1. The number of pyridine rings is 1. The van der Waals surface area contributed by atoms with Gasteiger partial charge in [-0.15, -0.1) is 11.3 Å². The third kappa shape index (κ3) is 6.77. The number of thiophene rings is 1. The molecule has 0 saturated carbocycles. The molecule has 0 radical (unpaired) electrons. The zero-order valence-corrected chi connectivity index (χ0v) is 27.6. The van der Waals surface area contributed by atoms with E-state index in [1.165, 1.54) is 41.3 Å². The van der Waals surface area contributed by atoms with E-state index >= 15 is 8.78 Å². The summed E-state index contributed by atoms with van der Waals surface area (Å²) in [6.07, 6.45) is 1.46. The van der Waals surface area contributed by atoms with Crippen LogP contribution in [0.2, 0.25) is 0 Å². The number of urea groups is 1. The molecule has 10 nitrogen and oxygen atoms in total. The Morgan fingerprint density at radius 1 is 0.939 bits per heavy atom. The monoisotopic (exact) mass is 682 g/mol. The van der Waals surface area contributed by atoms with Gasteiger partial charge in [0, 0.05) is 34.9 Å². The Kier molecular flexibility index (Phi) is 9.76. The summed E-state index contributed by atoms with van der Waals surface area (Å²) in [5.74, 6) is -1.55. The van der Waals surface area contributed by atoms with Crippen LogP contribution in [0.15, 0.2) is 107 Å². The van der Waals surface area contributed by atoms with Crippen LogP contribution in [0.1, 0.15) is 29.7 Å². The summed E-state index contributed by atoms with van der Waals surface area (Å²) in [6, 6.07) is 24.6. The summed E-state index contributed by atoms with van der Waals surface area (Å²) in [7, 11) is 3.26. The molecule has 3 heterocycles. The normalized spacial score (nSPS) is 12.0. The van der Waals surface area contributed by atoms with Crippen molar-refractivity contribution in [1.29, 1.82) is 0 Å². The number of nitrogens with one attached hydrogen (secondary N) is 2. The number of anilines is 1. The van der Waals surface area contributed by atoms with Gasteiger partial charge in [-0.05, 0) is 67.1 Å². The summed E-state index contributed by atoms with van der Waals surface area (Å²) in [6.45, 7) is 1.87. The highest BCUT2D eigenvalue weighted by Crippen LogP contribution is 2.39. The quantitative estimate of drug-likeness (QED) is 0.160. The van der Waals surface area contributed by atoms with Crippen LogP contribution in [0.5, 0.6) is 0 Å². The molecular weight excluding hydrogens is 650 g/mol. The van der Waals surface area contributed by atoms with Crippen molar-refractivity contribution in [2.45, 2.75) is 26.1 Å². The van der Waals surface area contributed by atoms with Crippen molar-refractivity contribution in [3.8, 4) is 16.3 Å². The summed E-state index contributed by atoms with van der Waals surface area (Å²) < 4.78 is 32.3. The van der Waals surface area contributed by atoms with Crippen molar-refractivity contribution in [1.82, 2.24) is 24.5 Å². The molecule has 250 valence electrons. The maximum atomic E-state index is 15.0. The minimum Gasteiger partial charge on any atom is -0.306 e. The number of amides is 2. The van der Waals surface area contributed by atoms with Crippen LogP contribution in [0.3, 0.4) is 0 Å². The van der Waals surface area contributed by atoms with Crippen molar-refractivity contribution in [2.24, 2.45) is 0 Å². The predicted octanol–water partition coefficient (Wildman–Crippen LogP) is 6.48. The van der Waals surface area contributed by atoms with Gasteiger partial charge < -0.3 is 5.32 Å². The second kappa shape index (κ2) is 14.3. The highest BCUT2D eigenvalue weighted by atomic mass is 32.1. The first-order chi connectivity index (χ1) is 23.7. The Morgan fingerprint density at radius 3 is 2.29 bits per heavy atom. The molecule has 49 heavy (non-hydrogen) atoms. The molecule has 0 aliphatic rings. The molecular formula is C36H32F2N6O4S. The van der Waals surface area contributed by atoms with Crippen molar-refractivity contribution in [3.05, 3.63) is 146 Å². The standard InChI is InChI=1S/C36H32F2N6O4S/c1-22(23-10-5-4-6-11-23)42(2)20-27-31-33(45)44(30-14-7-8-19-39-30)36(47)43(21-26-28(37)12-9-13-29(26)38)34(31)49-32(27)24-15-17-25(18-16-24)40-35(46)41-48-3/h4-19,22H,20-21H2,1-3H3,(H2,40,41,46)/t22-/m1/s1. The lowest BCUT2D eigenvalue weighted by Gasteiger charge is -2.25. The average molecular weight is 683 g/mol. The van der Waals surface area contributed by atoms with Crippen LogP contribution >= 0.6 is 11.3 Å². The number of benzene rings is 3. The third-order valence-electron chi connectivity index (χ3n) is 8.28. The van der Waals surface area contributed by atoms with E-state index in [0.29, 0.717) is 21.7 Å². The number of halogens is 2. The number of rotatable bonds is 10. The van der Waals surface area contributed by atoms with Gasteiger partial charge in [0.2, 0.25) is 0 Å². The summed E-state index contributed by atoms with van der Waals surface area (Å²) in [5.41, 5.74) is 3.38. The fraction of sp³-hybridized carbons (Fsp3) is 0.167. The molecule has 3 aromatic carbocycles. The summed E-state index contributed by atoms with van der Waals surface area (Å²) in [5, 5.41) is 2.89. The number of hydroxylamine groups is 1. The smallest absolute Gasteiger partial charge is 0.306 e. The number of carbonyl (C=O) groups excluding carboxylic acids is 1. The molecule has 0 saturated heterocycles. The van der Waals surface area contributed by atoms with E-state index in [9.17, 15) is 14.4 Å². The van der Waals surface area contributed by atoms with Gasteiger partial charge in [0.1, 0.15) is 22.3 Å². The van der Waals surface area contributed by atoms with Gasteiger partial charge in [-0.3, -0.25) is 19.1 Å². The number of hydrogen-bond donors (Lipinski definition) is 2. The molecule has 1 atom stereocenters. The summed E-state index contributed by atoms with van der Waals surface area (Å²) >= 11 is 1.18. The molecule has 6 rings (SSSR count). The van der Waals surface area contributed by atoms with Gasteiger partial charge in [0.05, 0.1) is 19.0 Å². The van der Waals surface area contributed by atoms with E-state index in [1.54, 1.807) is 36.4 Å². The maximum Gasteiger partial charge on any atom is 0.343 e. The molecule has 2 N–H and O–H groups in total. The van der Waals surface area contributed by atoms with Gasteiger partial charge in [-0.1, -0.05) is 54.6 Å². The minimum absolute atomic E-state index is 0.0636. The first kappa shape index (κ1) is 33.4. The number of nitrogens with zero attached hydrogens (tertiary/aromatic N) is 4. The highest BCUT2D eigenvalue weighted by Gasteiger charge is 2.27. The Bertz CT molecular complexity index is 2220. The molecule has 0 aliphatic heterocycles. The zero-order valence-electron chi connectivity index (χ0n) is 26.8. The van der Waals surface area contributed by atoms with Crippen molar-refractivity contribution in [2.75, 3.05) is 19.5 Å². The molecule has 2 amide bonds. The van der Waals surface area contributed by atoms with Crippen molar-refractivity contribution < 1.29 is 18.4 Å². The Labute approximate surface area is 283 Å². The lowest BCUT2D eigenvalue weighted by atomic mass is 10.0. The fourth-order valence-corrected chi connectivity index (χ4v) is 6.95. The zero-order chi connectivity index (χ0) is 34.7. The van der Waals surface area contributed by atoms with Crippen LogP contribution in [-0.2, 0) is 17.9 Å². The molecule has 0 fully saturated rings. The molecule has 0 spiro atoms. The molecule has 0 aliphatic carbocycles. The van der Waals surface area contributed by atoms with E-state index in [2.05, 4.69) is 32.4 Å². The van der Waals surface area contributed by atoms with Gasteiger partial charge >= 0.3 is 11.7 Å². The molecule has 3 aromatic heterocycles. The van der Waals surface area contributed by atoms with Crippen LogP contribution in [0.25, 0.3) is 26.5 Å². The SMILES string of the molecule is CONC(=O)Nc1ccc(-c2sc3c(c2CN(C)[C@H](C)c2ccccc2)c(=O)n(-c2ccccn2)c(=O)n3Cc2c(F)cccc2F)cc1. The topological polar surface area (TPSA) is 110 Å². The molecule has 0 bridgehead atoms. The third-order valence-corrected chi connectivity index (χ3v) is 9.58. The van der Waals surface area contributed by atoms with Crippen LogP contribution in [0, 0.1) is 11.6 Å². The maximum absolute atomic E-state index is 15.0. The second-order valence-corrected chi connectivity index (χ2v) is 12.3. The van der Waals surface area contributed by atoms with E-state index in [-0.39, 0.29) is 34.2 Å². The molecule has 13 heteroatoms. The fourth-order valence-electron chi connectivity index (χ4n) is 5.65. The van der Waals surface area contributed by atoms with Gasteiger partial charge in [-0.2, -0.15) is 0 Å². The Hall–Kier alpha value is -5.50. The van der Waals surface area contributed by atoms with Gasteiger partial charge in [0.15, 0.2) is 0 Å². The van der Waals surface area contributed by atoms with Crippen molar-refractivity contribution >= 4 is 33.3 Å². The van der Waals surface area contributed by atoms with E-state index in [0.717, 1.165) is 22.3 Å². The summed E-state index contributed by atoms with van der Waals surface area (Å²) in [4.78, 5) is 52.7. The molecule has 0 unspecified atom stereocenters. The number of aromatic nitrogens is 3. The van der Waals surface area contributed by atoms with E-state index < -0.39 is 35.5 Å². The first-order valence-corrected chi connectivity index (χ1v) is 16.1. The molecule has 6 aromatic rings. The lowest BCUT2D eigenvalue weighted by molar-refractivity contribution is 0.114. The highest BCUT2D eigenvalue weighted by molar-refractivity contribution is 7.22. The van der Waals surface area contributed by atoms with E-state index in [1.807, 2.05) is 37.4 Å². The average Bonchev–Trinajstić information content (AvgIpc) is 3.47. The van der Waals surface area contributed by atoms with Crippen molar-refractivity contribution in [3.63, 3.8) is 0 Å². The number of fused-ring (bicyclic) bond motifs is 1.